The highest BCUT2D eigenvalue weighted by Crippen LogP contribution is 2.09. The molecule has 0 saturated carbocycles. The fourth-order valence-electron chi connectivity index (χ4n) is 1.19. The Hall–Kier alpha value is -1.33. The zero-order chi connectivity index (χ0) is 10.4. The fraction of sp³-hybridized carbons (Fsp3) is 0.333. The summed E-state index contributed by atoms with van der Waals surface area (Å²) in [6.45, 7) is 4.87. The zero-order valence-electron chi connectivity index (χ0n) is 8.52. The van der Waals surface area contributed by atoms with Gasteiger partial charge >= 0.3 is 0 Å². The van der Waals surface area contributed by atoms with Gasteiger partial charge in [0.2, 0.25) is 0 Å². The van der Waals surface area contributed by atoms with Crippen molar-refractivity contribution >= 4 is 0 Å². The Balaban J connectivity index is 2.56. The minimum Gasteiger partial charge on any atom is -0.302 e. The Bertz CT molecular complexity index is 360. The van der Waals surface area contributed by atoms with Crippen molar-refractivity contribution in [1.82, 2.24) is 5.32 Å². The predicted octanol–water partition coefficient (Wildman–Crippen LogP) is 2.25. The topological polar surface area (TPSA) is 12.0 Å². The Morgan fingerprint density at radius 1 is 1.43 bits per heavy atom. The minimum absolute atomic E-state index is 0.160. The maximum absolute atomic E-state index is 13.2. The zero-order valence-corrected chi connectivity index (χ0v) is 8.52. The third kappa shape index (κ3) is 3.20. The molecule has 0 fully saturated rings. The molecule has 0 aromatic heterocycles. The molecule has 0 heterocycles. The maximum atomic E-state index is 13.2. The summed E-state index contributed by atoms with van der Waals surface area (Å²) in [5.41, 5.74) is 1.77. The van der Waals surface area contributed by atoms with Crippen LogP contribution in [0, 0.1) is 24.6 Å². The SMILES string of the molecule is CC#CCNCc1cc(C)ccc1F. The van der Waals surface area contributed by atoms with Crippen molar-refractivity contribution in [2.24, 2.45) is 0 Å². The molecule has 1 nitrogen and oxygen atoms in total. The first-order valence-corrected chi connectivity index (χ1v) is 4.59. The van der Waals surface area contributed by atoms with E-state index in [4.69, 9.17) is 0 Å². The van der Waals surface area contributed by atoms with Gasteiger partial charge in [-0.2, -0.15) is 0 Å². The van der Waals surface area contributed by atoms with Crippen LogP contribution in [0.4, 0.5) is 4.39 Å². The Kier molecular flexibility index (Phi) is 4.15. The van der Waals surface area contributed by atoms with E-state index in [-0.39, 0.29) is 5.82 Å². The van der Waals surface area contributed by atoms with Gasteiger partial charge < -0.3 is 5.32 Å². The quantitative estimate of drug-likeness (QED) is 0.570. The van der Waals surface area contributed by atoms with Crippen LogP contribution in [0.1, 0.15) is 18.1 Å². The van der Waals surface area contributed by atoms with E-state index in [0.717, 1.165) is 5.56 Å². The summed E-state index contributed by atoms with van der Waals surface area (Å²) < 4.78 is 13.2. The summed E-state index contributed by atoms with van der Waals surface area (Å²) in [6.07, 6.45) is 0. The second-order valence-electron chi connectivity index (χ2n) is 3.13. The van der Waals surface area contributed by atoms with Crippen LogP contribution in [-0.4, -0.2) is 6.54 Å². The molecule has 14 heavy (non-hydrogen) atoms. The molecule has 0 bridgehead atoms. The van der Waals surface area contributed by atoms with Gasteiger partial charge in [0.05, 0.1) is 6.54 Å². The molecule has 1 N–H and O–H groups in total. The van der Waals surface area contributed by atoms with Gasteiger partial charge in [0.15, 0.2) is 0 Å². The molecule has 0 aliphatic heterocycles. The highest BCUT2D eigenvalue weighted by atomic mass is 19.1. The van der Waals surface area contributed by atoms with Gasteiger partial charge in [0, 0.05) is 12.1 Å². The van der Waals surface area contributed by atoms with Crippen LogP contribution in [0.25, 0.3) is 0 Å². The predicted molar refractivity (Wildman–Crippen MR) is 56.3 cm³/mol. The summed E-state index contributed by atoms with van der Waals surface area (Å²) in [5, 5.41) is 3.06. The molecule has 74 valence electrons. The number of benzene rings is 1. The van der Waals surface area contributed by atoms with Gasteiger partial charge in [-0.1, -0.05) is 23.6 Å². The number of rotatable bonds is 3. The van der Waals surface area contributed by atoms with E-state index in [1.165, 1.54) is 6.07 Å². The average Bonchev–Trinajstić information content (AvgIpc) is 2.18. The van der Waals surface area contributed by atoms with Gasteiger partial charge in [-0.25, -0.2) is 4.39 Å². The van der Waals surface area contributed by atoms with Gasteiger partial charge in [-0.05, 0) is 19.9 Å². The standard InChI is InChI=1S/C12H14FN/c1-3-4-7-14-9-11-8-10(2)5-6-12(11)13/h5-6,8,14H,7,9H2,1-2H3. The molecule has 2 heteroatoms. The second kappa shape index (κ2) is 5.41. The molecule has 0 spiro atoms. The lowest BCUT2D eigenvalue weighted by Gasteiger charge is -2.04. The number of aryl methyl sites for hydroxylation is 1. The molecule has 0 unspecified atom stereocenters. The molecular weight excluding hydrogens is 177 g/mol. The summed E-state index contributed by atoms with van der Waals surface area (Å²) in [4.78, 5) is 0. The molecule has 1 aromatic carbocycles. The van der Waals surface area contributed by atoms with Gasteiger partial charge in [0.1, 0.15) is 5.82 Å². The number of nitrogens with one attached hydrogen (secondary N) is 1. The number of halogens is 1. The fourth-order valence-corrected chi connectivity index (χ4v) is 1.19. The first-order valence-electron chi connectivity index (χ1n) is 4.59. The monoisotopic (exact) mass is 191 g/mol. The van der Waals surface area contributed by atoms with Crippen molar-refractivity contribution < 1.29 is 4.39 Å². The molecule has 0 atom stereocenters. The highest BCUT2D eigenvalue weighted by molar-refractivity contribution is 5.24. The normalized spacial score (nSPS) is 9.36. The summed E-state index contributed by atoms with van der Waals surface area (Å²) in [7, 11) is 0. The summed E-state index contributed by atoms with van der Waals surface area (Å²) >= 11 is 0. The largest absolute Gasteiger partial charge is 0.302 e. The van der Waals surface area contributed by atoms with E-state index in [9.17, 15) is 4.39 Å². The van der Waals surface area contributed by atoms with E-state index in [1.54, 1.807) is 13.0 Å². The number of hydrogen-bond donors (Lipinski definition) is 1. The third-order valence-electron chi connectivity index (χ3n) is 1.91. The van der Waals surface area contributed by atoms with E-state index in [1.807, 2.05) is 13.0 Å². The lowest BCUT2D eigenvalue weighted by atomic mass is 10.1. The van der Waals surface area contributed by atoms with Crippen LogP contribution >= 0.6 is 0 Å². The van der Waals surface area contributed by atoms with Crippen molar-refractivity contribution in [3.63, 3.8) is 0 Å². The van der Waals surface area contributed by atoms with Crippen LogP contribution in [0.15, 0.2) is 18.2 Å². The highest BCUT2D eigenvalue weighted by Gasteiger charge is 2.00. The van der Waals surface area contributed by atoms with Gasteiger partial charge in [-0.3, -0.25) is 0 Å². The van der Waals surface area contributed by atoms with Crippen LogP contribution in [0.5, 0.6) is 0 Å². The second-order valence-corrected chi connectivity index (χ2v) is 3.13. The van der Waals surface area contributed by atoms with Crippen molar-refractivity contribution in [1.29, 1.82) is 0 Å². The third-order valence-corrected chi connectivity index (χ3v) is 1.91. The van der Waals surface area contributed by atoms with Crippen LogP contribution < -0.4 is 5.32 Å². The Labute approximate surface area is 84.3 Å². The van der Waals surface area contributed by atoms with Crippen LogP contribution in [-0.2, 0) is 6.54 Å². The maximum Gasteiger partial charge on any atom is 0.127 e. The van der Waals surface area contributed by atoms with Gasteiger partial charge in [-0.15, -0.1) is 5.92 Å². The Morgan fingerprint density at radius 2 is 2.21 bits per heavy atom. The lowest BCUT2D eigenvalue weighted by molar-refractivity contribution is 0.597. The van der Waals surface area contributed by atoms with Gasteiger partial charge in [0.25, 0.3) is 0 Å². The molecular formula is C12H14FN. The molecule has 0 saturated heterocycles. The van der Waals surface area contributed by atoms with Crippen molar-refractivity contribution in [2.75, 3.05) is 6.54 Å². The van der Waals surface area contributed by atoms with E-state index in [0.29, 0.717) is 18.7 Å². The van der Waals surface area contributed by atoms with Crippen LogP contribution in [0.3, 0.4) is 0 Å². The lowest BCUT2D eigenvalue weighted by Crippen LogP contribution is -2.14. The van der Waals surface area contributed by atoms with E-state index < -0.39 is 0 Å². The molecule has 0 aliphatic carbocycles. The van der Waals surface area contributed by atoms with Crippen molar-refractivity contribution in [3.05, 3.63) is 35.1 Å². The van der Waals surface area contributed by atoms with Crippen LogP contribution in [0.2, 0.25) is 0 Å². The molecule has 0 aliphatic rings. The molecule has 0 radical (unpaired) electrons. The van der Waals surface area contributed by atoms with Crippen molar-refractivity contribution in [2.45, 2.75) is 20.4 Å². The first kappa shape index (κ1) is 10.7. The average molecular weight is 191 g/mol. The van der Waals surface area contributed by atoms with E-state index in [2.05, 4.69) is 17.2 Å². The molecule has 0 amide bonds. The molecule has 1 rings (SSSR count). The summed E-state index contributed by atoms with van der Waals surface area (Å²) in [6, 6.07) is 5.12. The minimum atomic E-state index is -0.160. The Morgan fingerprint density at radius 3 is 2.93 bits per heavy atom. The first-order chi connectivity index (χ1) is 6.74. The molecule has 1 aromatic rings. The number of hydrogen-bond acceptors (Lipinski definition) is 1. The van der Waals surface area contributed by atoms with E-state index >= 15 is 0 Å². The smallest absolute Gasteiger partial charge is 0.127 e. The van der Waals surface area contributed by atoms with Crippen molar-refractivity contribution in [3.8, 4) is 11.8 Å². The summed E-state index contributed by atoms with van der Waals surface area (Å²) in [5.74, 6) is 5.48.